The number of aliphatic hydroxyl groups is 1. The highest BCUT2D eigenvalue weighted by atomic mass is 16.3. The monoisotopic (exact) mass is 259 g/mol. The minimum absolute atomic E-state index is 0.413. The summed E-state index contributed by atoms with van der Waals surface area (Å²) in [5.41, 5.74) is 0.946. The molecular formula is C17H25NO. The first-order chi connectivity index (χ1) is 9.26. The third kappa shape index (κ3) is 3.01. The van der Waals surface area contributed by atoms with Crippen LogP contribution in [-0.4, -0.2) is 28.7 Å². The van der Waals surface area contributed by atoms with Crippen molar-refractivity contribution in [2.45, 2.75) is 50.7 Å². The lowest BCUT2D eigenvalue weighted by molar-refractivity contribution is -0.0749. The van der Waals surface area contributed by atoms with Crippen LogP contribution in [0.1, 0.15) is 44.1 Å². The molecule has 0 bridgehead atoms. The van der Waals surface area contributed by atoms with Crippen LogP contribution < -0.4 is 0 Å². The van der Waals surface area contributed by atoms with E-state index < -0.39 is 5.60 Å². The average molecular weight is 259 g/mol. The Bertz CT molecular complexity index is 399. The molecule has 1 saturated heterocycles. The summed E-state index contributed by atoms with van der Waals surface area (Å²) in [7, 11) is 0. The molecule has 0 aromatic heterocycles. The Hall–Kier alpha value is -0.860. The van der Waals surface area contributed by atoms with Crippen LogP contribution in [0.3, 0.4) is 0 Å². The first kappa shape index (κ1) is 13.1. The number of piperidine rings is 1. The maximum absolute atomic E-state index is 11.0. The quantitative estimate of drug-likeness (QED) is 0.901. The minimum Gasteiger partial charge on any atom is -0.388 e. The Morgan fingerprint density at radius 1 is 1.11 bits per heavy atom. The lowest BCUT2D eigenvalue weighted by Gasteiger charge is -2.43. The van der Waals surface area contributed by atoms with Crippen molar-refractivity contribution in [2.75, 3.05) is 13.1 Å². The molecule has 1 aliphatic heterocycles. The van der Waals surface area contributed by atoms with Crippen LogP contribution in [-0.2, 0) is 6.54 Å². The van der Waals surface area contributed by atoms with Gasteiger partial charge in [0, 0.05) is 13.1 Å². The molecule has 2 nitrogen and oxygen atoms in total. The second-order valence-electron chi connectivity index (χ2n) is 6.38. The highest BCUT2D eigenvalue weighted by molar-refractivity contribution is 5.14. The topological polar surface area (TPSA) is 23.5 Å². The van der Waals surface area contributed by atoms with Crippen LogP contribution in [0.4, 0.5) is 0 Å². The van der Waals surface area contributed by atoms with Gasteiger partial charge in [-0.15, -0.1) is 0 Å². The van der Waals surface area contributed by atoms with E-state index in [4.69, 9.17) is 0 Å². The Kier molecular flexibility index (Phi) is 3.90. The normalized spacial score (nSPS) is 29.7. The van der Waals surface area contributed by atoms with E-state index in [1.165, 1.54) is 31.2 Å². The van der Waals surface area contributed by atoms with Crippen LogP contribution in [0.25, 0.3) is 0 Å². The predicted molar refractivity (Wildman–Crippen MR) is 77.9 cm³/mol. The van der Waals surface area contributed by atoms with Crippen LogP contribution >= 0.6 is 0 Å². The molecule has 1 heterocycles. The number of hydrogen-bond acceptors (Lipinski definition) is 2. The Morgan fingerprint density at radius 3 is 2.58 bits per heavy atom. The maximum atomic E-state index is 11.0. The van der Waals surface area contributed by atoms with Crippen molar-refractivity contribution in [3.8, 4) is 0 Å². The molecule has 1 atom stereocenters. The van der Waals surface area contributed by atoms with E-state index >= 15 is 0 Å². The molecule has 1 unspecified atom stereocenters. The van der Waals surface area contributed by atoms with Crippen molar-refractivity contribution in [3.05, 3.63) is 35.9 Å². The summed E-state index contributed by atoms with van der Waals surface area (Å²) in [5.74, 6) is 0.547. The molecule has 104 valence electrons. The van der Waals surface area contributed by atoms with Crippen molar-refractivity contribution in [1.82, 2.24) is 4.90 Å². The molecule has 2 fully saturated rings. The Balaban J connectivity index is 1.64. The molecule has 1 saturated carbocycles. The number of hydrogen-bond donors (Lipinski definition) is 1. The second-order valence-corrected chi connectivity index (χ2v) is 6.38. The molecule has 1 aromatic carbocycles. The standard InChI is InChI=1S/C17H25NO/c19-17(16-9-4-5-10-16)11-6-12-18(14-17)13-15-7-2-1-3-8-15/h1-3,7-8,16,19H,4-6,9-14H2. The fourth-order valence-corrected chi connectivity index (χ4v) is 3.93. The van der Waals surface area contributed by atoms with Gasteiger partial charge in [-0.3, -0.25) is 4.90 Å². The first-order valence-corrected chi connectivity index (χ1v) is 7.75. The number of rotatable bonds is 3. The summed E-state index contributed by atoms with van der Waals surface area (Å²) in [6, 6.07) is 10.6. The average Bonchev–Trinajstić information content (AvgIpc) is 2.95. The number of β-amino-alcohol motifs (C(OH)–C–C–N with tert-alkyl or cyclic N) is 1. The third-order valence-electron chi connectivity index (χ3n) is 4.95. The van der Waals surface area contributed by atoms with Crippen LogP contribution in [0.15, 0.2) is 30.3 Å². The number of nitrogens with zero attached hydrogens (tertiary/aromatic N) is 1. The van der Waals surface area contributed by atoms with Gasteiger partial charge in [-0.2, -0.15) is 0 Å². The molecule has 2 heteroatoms. The van der Waals surface area contributed by atoms with Gasteiger partial charge in [0.15, 0.2) is 0 Å². The highest BCUT2D eigenvalue weighted by Crippen LogP contribution is 2.39. The molecule has 0 amide bonds. The Morgan fingerprint density at radius 2 is 1.84 bits per heavy atom. The summed E-state index contributed by atoms with van der Waals surface area (Å²) in [5, 5.41) is 11.0. The lowest BCUT2D eigenvalue weighted by atomic mass is 9.79. The van der Waals surface area contributed by atoms with Gasteiger partial charge in [0.1, 0.15) is 0 Å². The van der Waals surface area contributed by atoms with E-state index in [1.54, 1.807) is 0 Å². The highest BCUT2D eigenvalue weighted by Gasteiger charge is 2.41. The number of likely N-dealkylation sites (tertiary alicyclic amines) is 1. The Labute approximate surface area is 116 Å². The molecule has 1 aliphatic carbocycles. The fourth-order valence-electron chi connectivity index (χ4n) is 3.93. The maximum Gasteiger partial charge on any atom is 0.0802 e. The zero-order chi connectivity index (χ0) is 13.1. The van der Waals surface area contributed by atoms with Crippen molar-refractivity contribution >= 4 is 0 Å². The van der Waals surface area contributed by atoms with Crippen molar-refractivity contribution in [1.29, 1.82) is 0 Å². The summed E-state index contributed by atoms with van der Waals surface area (Å²) in [6.07, 6.45) is 7.23. The summed E-state index contributed by atoms with van der Waals surface area (Å²) >= 11 is 0. The van der Waals surface area contributed by atoms with Gasteiger partial charge in [-0.1, -0.05) is 43.2 Å². The zero-order valence-electron chi connectivity index (χ0n) is 11.7. The molecule has 3 rings (SSSR count). The van der Waals surface area contributed by atoms with Crippen LogP contribution in [0, 0.1) is 5.92 Å². The van der Waals surface area contributed by atoms with Gasteiger partial charge in [0.2, 0.25) is 0 Å². The van der Waals surface area contributed by atoms with E-state index in [2.05, 4.69) is 35.2 Å². The van der Waals surface area contributed by atoms with E-state index in [0.717, 1.165) is 32.5 Å². The van der Waals surface area contributed by atoms with Gasteiger partial charge >= 0.3 is 0 Å². The minimum atomic E-state index is -0.413. The van der Waals surface area contributed by atoms with Gasteiger partial charge in [0.05, 0.1) is 5.60 Å². The predicted octanol–water partition coefficient (Wildman–Crippen LogP) is 3.20. The second kappa shape index (κ2) is 5.64. The smallest absolute Gasteiger partial charge is 0.0802 e. The van der Waals surface area contributed by atoms with Gasteiger partial charge in [0.25, 0.3) is 0 Å². The third-order valence-corrected chi connectivity index (χ3v) is 4.95. The molecule has 0 spiro atoms. The number of benzene rings is 1. The zero-order valence-corrected chi connectivity index (χ0v) is 11.7. The van der Waals surface area contributed by atoms with Gasteiger partial charge < -0.3 is 5.11 Å². The molecule has 1 N–H and O–H groups in total. The van der Waals surface area contributed by atoms with E-state index in [-0.39, 0.29) is 0 Å². The van der Waals surface area contributed by atoms with Gasteiger partial charge in [-0.05, 0) is 43.7 Å². The fraction of sp³-hybridized carbons (Fsp3) is 0.647. The van der Waals surface area contributed by atoms with E-state index in [9.17, 15) is 5.11 Å². The molecular weight excluding hydrogens is 234 g/mol. The van der Waals surface area contributed by atoms with Crippen molar-refractivity contribution < 1.29 is 5.11 Å². The summed E-state index contributed by atoms with van der Waals surface area (Å²) in [4.78, 5) is 2.44. The van der Waals surface area contributed by atoms with E-state index in [0.29, 0.717) is 5.92 Å². The lowest BCUT2D eigenvalue weighted by Crippen LogP contribution is -2.51. The molecule has 1 aromatic rings. The van der Waals surface area contributed by atoms with Crippen molar-refractivity contribution in [2.24, 2.45) is 5.92 Å². The SMILES string of the molecule is OC1(C2CCCC2)CCCN(Cc2ccccc2)C1. The molecule has 2 aliphatic rings. The van der Waals surface area contributed by atoms with Crippen LogP contribution in [0.2, 0.25) is 0 Å². The summed E-state index contributed by atoms with van der Waals surface area (Å²) in [6.45, 7) is 2.98. The van der Waals surface area contributed by atoms with Gasteiger partial charge in [-0.25, -0.2) is 0 Å². The molecule has 0 radical (unpaired) electrons. The van der Waals surface area contributed by atoms with Crippen molar-refractivity contribution in [3.63, 3.8) is 0 Å². The largest absolute Gasteiger partial charge is 0.388 e. The first-order valence-electron chi connectivity index (χ1n) is 7.75. The summed E-state index contributed by atoms with van der Waals surface area (Å²) < 4.78 is 0. The van der Waals surface area contributed by atoms with Crippen LogP contribution in [0.5, 0.6) is 0 Å². The molecule has 19 heavy (non-hydrogen) atoms. The van der Waals surface area contributed by atoms with E-state index in [1.807, 2.05) is 0 Å².